The molecule has 1 N–H and O–H groups in total. The molecule has 0 bridgehead atoms. The van der Waals surface area contributed by atoms with Gasteiger partial charge in [-0.05, 0) is 6.92 Å². The van der Waals surface area contributed by atoms with E-state index in [-0.39, 0.29) is 0 Å². The van der Waals surface area contributed by atoms with Crippen LogP contribution >= 0.6 is 0 Å². The van der Waals surface area contributed by atoms with Crippen LogP contribution in [0.25, 0.3) is 0 Å². The lowest BCUT2D eigenvalue weighted by atomic mass is 10.4. The molecule has 50 valence electrons. The van der Waals surface area contributed by atoms with E-state index in [9.17, 15) is 4.79 Å². The third kappa shape index (κ3) is 3.34. The molecule has 0 saturated carbocycles. The molecule has 0 aliphatic heterocycles. The third-order valence-electron chi connectivity index (χ3n) is 0.584. The lowest BCUT2D eigenvalue weighted by Gasteiger charge is -1.93. The van der Waals surface area contributed by atoms with Crippen molar-refractivity contribution in [2.45, 2.75) is 6.92 Å². The number of ether oxygens (including phenoxy) is 1. The molecule has 0 aromatic carbocycles. The predicted molar refractivity (Wildman–Crippen MR) is 32.7 cm³/mol. The van der Waals surface area contributed by atoms with Gasteiger partial charge in [0.25, 0.3) is 0 Å². The molecule has 0 unspecified atom stereocenters. The Labute approximate surface area is 53.3 Å². The van der Waals surface area contributed by atoms with Crippen molar-refractivity contribution < 1.29 is 14.6 Å². The zero-order valence-electron chi connectivity index (χ0n) is 5.13. The van der Waals surface area contributed by atoms with Crippen molar-refractivity contribution in [1.82, 2.24) is 0 Å². The van der Waals surface area contributed by atoms with E-state index in [4.69, 9.17) is 5.11 Å². The number of aliphatic hydroxyl groups excluding tert-OH is 1. The van der Waals surface area contributed by atoms with Gasteiger partial charge in [-0.1, -0.05) is 6.58 Å². The lowest BCUT2D eigenvalue weighted by Crippen LogP contribution is -1.98. The van der Waals surface area contributed by atoms with E-state index in [0.717, 1.165) is 6.26 Å². The van der Waals surface area contributed by atoms with Gasteiger partial charge in [-0.25, -0.2) is 4.79 Å². The highest BCUT2D eigenvalue weighted by atomic mass is 16.5. The van der Waals surface area contributed by atoms with Crippen LogP contribution in [0.1, 0.15) is 6.92 Å². The van der Waals surface area contributed by atoms with Crippen molar-refractivity contribution in [3.63, 3.8) is 0 Å². The normalized spacial score (nSPS) is 9.44. The van der Waals surface area contributed by atoms with Gasteiger partial charge in [0.2, 0.25) is 0 Å². The molecule has 3 heteroatoms. The summed E-state index contributed by atoms with van der Waals surface area (Å²) >= 11 is 0. The second-order valence-corrected chi connectivity index (χ2v) is 1.47. The topological polar surface area (TPSA) is 46.5 Å². The number of hydrogen-bond donors (Lipinski definition) is 1. The molecule has 9 heavy (non-hydrogen) atoms. The quantitative estimate of drug-likeness (QED) is 0.344. The van der Waals surface area contributed by atoms with Gasteiger partial charge in [0.05, 0.1) is 0 Å². The minimum Gasteiger partial charge on any atom is -0.512 e. The van der Waals surface area contributed by atoms with Gasteiger partial charge in [0, 0.05) is 5.57 Å². The van der Waals surface area contributed by atoms with E-state index in [0.29, 0.717) is 11.8 Å². The van der Waals surface area contributed by atoms with Crippen LogP contribution in [0, 0.1) is 0 Å². The standard InChI is InChI=1S/C6H8O3/c1-5(2)6(8)9-4-3-7/h3-4,7H,1H2,2H3/b4-3+. The summed E-state index contributed by atoms with van der Waals surface area (Å²) in [5.41, 5.74) is 0.299. The first-order valence-electron chi connectivity index (χ1n) is 2.34. The van der Waals surface area contributed by atoms with Crippen LogP contribution in [-0.2, 0) is 9.53 Å². The smallest absolute Gasteiger partial charge is 0.338 e. The van der Waals surface area contributed by atoms with Crippen LogP contribution in [-0.4, -0.2) is 11.1 Å². The molecular weight excluding hydrogens is 120 g/mol. The van der Waals surface area contributed by atoms with E-state index in [1.807, 2.05) is 0 Å². The SMILES string of the molecule is C=C(C)C(=O)O/C=C/O. The number of aliphatic hydroxyl groups is 1. The zero-order valence-corrected chi connectivity index (χ0v) is 5.13. The number of carbonyl (C=O) groups excluding carboxylic acids is 1. The maximum absolute atomic E-state index is 10.4. The van der Waals surface area contributed by atoms with Crippen LogP contribution in [0.2, 0.25) is 0 Å². The second-order valence-electron chi connectivity index (χ2n) is 1.47. The molecule has 0 fully saturated rings. The molecule has 0 aliphatic rings. The molecule has 3 nitrogen and oxygen atoms in total. The number of esters is 1. The van der Waals surface area contributed by atoms with Gasteiger partial charge in [-0.2, -0.15) is 0 Å². The van der Waals surface area contributed by atoms with Crippen molar-refractivity contribution in [2.75, 3.05) is 0 Å². The molecule has 0 saturated heterocycles. The summed E-state index contributed by atoms with van der Waals surface area (Å²) in [6.07, 6.45) is 1.53. The monoisotopic (exact) mass is 128 g/mol. The van der Waals surface area contributed by atoms with Crippen LogP contribution in [0.3, 0.4) is 0 Å². The van der Waals surface area contributed by atoms with E-state index in [1.54, 1.807) is 0 Å². The first kappa shape index (κ1) is 7.75. The molecule has 0 atom stereocenters. The molecule has 0 aromatic rings. The van der Waals surface area contributed by atoms with Crippen molar-refractivity contribution in [3.05, 3.63) is 24.7 Å². The summed E-state index contributed by atoms with van der Waals surface area (Å²) < 4.78 is 4.28. The third-order valence-corrected chi connectivity index (χ3v) is 0.584. The fourth-order valence-corrected chi connectivity index (χ4v) is 0.193. The summed E-state index contributed by atoms with van der Waals surface area (Å²) in [4.78, 5) is 10.4. The van der Waals surface area contributed by atoms with E-state index in [2.05, 4.69) is 11.3 Å². The summed E-state index contributed by atoms with van der Waals surface area (Å²) in [7, 11) is 0. The minimum atomic E-state index is -0.541. The number of rotatable bonds is 2. The zero-order chi connectivity index (χ0) is 7.28. The van der Waals surface area contributed by atoms with Crippen LogP contribution in [0.5, 0.6) is 0 Å². The van der Waals surface area contributed by atoms with Crippen molar-refractivity contribution in [2.24, 2.45) is 0 Å². The Morgan fingerprint density at radius 3 is 2.67 bits per heavy atom. The molecule has 0 radical (unpaired) electrons. The first-order chi connectivity index (χ1) is 4.18. The summed E-state index contributed by atoms with van der Waals surface area (Å²) in [6, 6.07) is 0. The van der Waals surface area contributed by atoms with Crippen LogP contribution in [0.4, 0.5) is 0 Å². The molecular formula is C6H8O3. The summed E-state index contributed by atoms with van der Waals surface area (Å²) in [5, 5.41) is 8.01. The second kappa shape index (κ2) is 3.72. The molecule has 0 heterocycles. The average Bonchev–Trinajstić information content (AvgIpc) is 1.82. The number of hydrogen-bond acceptors (Lipinski definition) is 3. The Hall–Kier alpha value is -1.25. The van der Waals surface area contributed by atoms with E-state index in [1.165, 1.54) is 6.92 Å². The summed E-state index contributed by atoms with van der Waals surface area (Å²) in [6.45, 7) is 4.84. The van der Waals surface area contributed by atoms with Gasteiger partial charge < -0.3 is 9.84 Å². The van der Waals surface area contributed by atoms with Gasteiger partial charge in [-0.15, -0.1) is 0 Å². The van der Waals surface area contributed by atoms with Crippen molar-refractivity contribution >= 4 is 5.97 Å². The molecule has 0 aliphatic carbocycles. The van der Waals surface area contributed by atoms with Gasteiger partial charge in [0.1, 0.15) is 12.5 Å². The Morgan fingerprint density at radius 1 is 1.78 bits per heavy atom. The molecule has 0 aromatic heterocycles. The summed E-state index contributed by atoms with van der Waals surface area (Å²) in [5.74, 6) is -0.541. The number of carbonyl (C=O) groups is 1. The first-order valence-corrected chi connectivity index (χ1v) is 2.34. The van der Waals surface area contributed by atoms with Gasteiger partial charge in [0.15, 0.2) is 0 Å². The van der Waals surface area contributed by atoms with E-state index < -0.39 is 5.97 Å². The van der Waals surface area contributed by atoms with Crippen molar-refractivity contribution in [1.29, 1.82) is 0 Å². The largest absolute Gasteiger partial charge is 0.512 e. The Balaban J connectivity index is 3.65. The average molecular weight is 128 g/mol. The highest BCUT2D eigenvalue weighted by Crippen LogP contribution is 1.90. The Morgan fingerprint density at radius 2 is 2.33 bits per heavy atom. The fraction of sp³-hybridized carbons (Fsp3) is 0.167. The Bertz CT molecular complexity index is 146. The maximum atomic E-state index is 10.4. The van der Waals surface area contributed by atoms with Gasteiger partial charge >= 0.3 is 5.97 Å². The fourth-order valence-electron chi connectivity index (χ4n) is 0.193. The maximum Gasteiger partial charge on any atom is 0.338 e. The molecule has 0 rings (SSSR count). The molecule has 0 amide bonds. The lowest BCUT2D eigenvalue weighted by molar-refractivity contribution is -0.133. The molecule has 0 spiro atoms. The van der Waals surface area contributed by atoms with Gasteiger partial charge in [-0.3, -0.25) is 0 Å². The highest BCUT2D eigenvalue weighted by molar-refractivity contribution is 5.87. The Kier molecular flexibility index (Phi) is 3.20. The predicted octanol–water partition coefficient (Wildman–Crippen LogP) is 1.13. The van der Waals surface area contributed by atoms with Crippen LogP contribution in [0.15, 0.2) is 24.7 Å². The minimum absolute atomic E-state index is 0.299. The highest BCUT2D eigenvalue weighted by Gasteiger charge is 1.98. The van der Waals surface area contributed by atoms with E-state index >= 15 is 0 Å². The van der Waals surface area contributed by atoms with Crippen LogP contribution < -0.4 is 0 Å². The van der Waals surface area contributed by atoms with Crippen molar-refractivity contribution in [3.8, 4) is 0 Å².